The monoisotopic (exact) mass is 361 g/mol. The molecule has 8 heteroatoms. The summed E-state index contributed by atoms with van der Waals surface area (Å²) in [6.45, 7) is 8.29. The Morgan fingerprint density at radius 3 is 2.60 bits per heavy atom. The van der Waals surface area contributed by atoms with Crippen molar-refractivity contribution in [2.75, 3.05) is 32.7 Å². The number of thiazole rings is 1. The van der Waals surface area contributed by atoms with Crippen LogP contribution < -0.4 is 5.56 Å². The molecule has 1 amide bonds. The average Bonchev–Trinajstić information content (AvgIpc) is 3.01. The molecule has 0 aliphatic carbocycles. The minimum absolute atomic E-state index is 0.0701. The lowest BCUT2D eigenvalue weighted by Gasteiger charge is -2.34. The summed E-state index contributed by atoms with van der Waals surface area (Å²) < 4.78 is 1.51. The summed E-state index contributed by atoms with van der Waals surface area (Å²) >= 11 is 1.58. The van der Waals surface area contributed by atoms with Crippen molar-refractivity contribution in [3.63, 3.8) is 0 Å². The van der Waals surface area contributed by atoms with Gasteiger partial charge in [0.25, 0.3) is 5.56 Å². The summed E-state index contributed by atoms with van der Waals surface area (Å²) in [5.41, 5.74) is 0.771. The normalized spacial score (nSPS) is 15.5. The van der Waals surface area contributed by atoms with Crippen molar-refractivity contribution in [2.24, 2.45) is 0 Å². The lowest BCUT2D eigenvalue weighted by Crippen LogP contribution is -2.50. The first-order valence-electron chi connectivity index (χ1n) is 8.47. The van der Waals surface area contributed by atoms with Gasteiger partial charge in [0.2, 0.25) is 5.91 Å². The van der Waals surface area contributed by atoms with Crippen molar-refractivity contribution in [1.82, 2.24) is 24.6 Å². The van der Waals surface area contributed by atoms with Gasteiger partial charge >= 0.3 is 0 Å². The van der Waals surface area contributed by atoms with Crippen molar-refractivity contribution >= 4 is 17.2 Å². The van der Waals surface area contributed by atoms with Gasteiger partial charge in [-0.1, -0.05) is 0 Å². The highest BCUT2D eigenvalue weighted by atomic mass is 32.1. The molecule has 0 aromatic carbocycles. The van der Waals surface area contributed by atoms with E-state index in [0.717, 1.165) is 48.3 Å². The zero-order chi connectivity index (χ0) is 17.8. The van der Waals surface area contributed by atoms with Gasteiger partial charge in [0, 0.05) is 49.9 Å². The van der Waals surface area contributed by atoms with E-state index >= 15 is 0 Å². The van der Waals surface area contributed by atoms with E-state index in [0.29, 0.717) is 13.0 Å². The largest absolute Gasteiger partial charge is 0.340 e. The van der Waals surface area contributed by atoms with E-state index in [1.165, 1.54) is 4.68 Å². The van der Waals surface area contributed by atoms with Crippen LogP contribution in [-0.4, -0.2) is 63.2 Å². The highest BCUT2D eigenvalue weighted by Crippen LogP contribution is 2.14. The number of carbonyl (C=O) groups excluding carboxylic acids is 1. The molecule has 1 fully saturated rings. The van der Waals surface area contributed by atoms with Crippen molar-refractivity contribution in [1.29, 1.82) is 0 Å². The van der Waals surface area contributed by atoms with E-state index in [-0.39, 0.29) is 11.5 Å². The summed E-state index contributed by atoms with van der Waals surface area (Å²) in [6, 6.07) is 3.29. The van der Waals surface area contributed by atoms with Crippen LogP contribution in [0.4, 0.5) is 0 Å². The van der Waals surface area contributed by atoms with Crippen LogP contribution in [0.3, 0.4) is 0 Å². The highest BCUT2D eigenvalue weighted by molar-refractivity contribution is 7.11. The van der Waals surface area contributed by atoms with Crippen LogP contribution in [0.15, 0.2) is 23.1 Å². The van der Waals surface area contributed by atoms with Gasteiger partial charge in [0.15, 0.2) is 0 Å². The van der Waals surface area contributed by atoms with Crippen LogP contribution in [0.25, 0.3) is 0 Å². The standard InChI is InChI=1S/C17H23N5O2S/c1-13-3-4-16(23)22(19-13)10-7-20-5-8-21(9-6-20)17(24)11-15-12-18-14(2)25-15/h3-4,12H,5-11H2,1-2H3. The molecule has 2 aromatic heterocycles. The molecule has 3 rings (SSSR count). The fraction of sp³-hybridized carbons (Fsp3) is 0.529. The number of amides is 1. The first-order valence-corrected chi connectivity index (χ1v) is 9.29. The van der Waals surface area contributed by atoms with E-state index in [1.807, 2.05) is 18.7 Å². The van der Waals surface area contributed by atoms with Gasteiger partial charge in [-0.2, -0.15) is 5.10 Å². The third-order valence-corrected chi connectivity index (χ3v) is 5.26. The zero-order valence-electron chi connectivity index (χ0n) is 14.6. The van der Waals surface area contributed by atoms with Gasteiger partial charge in [-0.3, -0.25) is 14.5 Å². The Kier molecular flexibility index (Phi) is 5.60. The van der Waals surface area contributed by atoms with Crippen LogP contribution in [0, 0.1) is 13.8 Å². The molecule has 134 valence electrons. The van der Waals surface area contributed by atoms with Gasteiger partial charge in [-0.25, -0.2) is 9.67 Å². The van der Waals surface area contributed by atoms with Crippen molar-refractivity contribution in [3.8, 4) is 0 Å². The van der Waals surface area contributed by atoms with Crippen LogP contribution in [0.1, 0.15) is 15.6 Å². The molecule has 0 bridgehead atoms. The molecule has 0 radical (unpaired) electrons. The fourth-order valence-electron chi connectivity index (χ4n) is 2.92. The van der Waals surface area contributed by atoms with Gasteiger partial charge in [0.05, 0.1) is 23.7 Å². The molecule has 25 heavy (non-hydrogen) atoms. The average molecular weight is 361 g/mol. The number of hydrogen-bond acceptors (Lipinski definition) is 6. The van der Waals surface area contributed by atoms with Crippen molar-refractivity contribution < 1.29 is 4.79 Å². The van der Waals surface area contributed by atoms with Crippen LogP contribution >= 0.6 is 11.3 Å². The fourth-order valence-corrected chi connectivity index (χ4v) is 3.70. The third kappa shape index (κ3) is 4.73. The van der Waals surface area contributed by atoms with Gasteiger partial charge in [-0.15, -0.1) is 11.3 Å². The lowest BCUT2D eigenvalue weighted by molar-refractivity contribution is -0.132. The highest BCUT2D eigenvalue weighted by Gasteiger charge is 2.21. The minimum atomic E-state index is -0.0701. The molecular weight excluding hydrogens is 338 g/mol. The summed E-state index contributed by atoms with van der Waals surface area (Å²) in [5, 5.41) is 5.25. The van der Waals surface area contributed by atoms with Crippen LogP contribution in [0.5, 0.6) is 0 Å². The predicted octanol–water partition coefficient (Wildman–Crippen LogP) is 0.704. The Morgan fingerprint density at radius 2 is 1.92 bits per heavy atom. The summed E-state index contributed by atoms with van der Waals surface area (Å²) in [4.78, 5) is 33.6. The van der Waals surface area contributed by atoms with Crippen LogP contribution in [-0.2, 0) is 17.8 Å². The molecule has 3 heterocycles. The van der Waals surface area contributed by atoms with Crippen LogP contribution in [0.2, 0.25) is 0 Å². The first-order chi connectivity index (χ1) is 12.0. The molecule has 0 N–H and O–H groups in total. The summed E-state index contributed by atoms with van der Waals surface area (Å²) in [7, 11) is 0. The number of rotatable bonds is 5. The second kappa shape index (κ2) is 7.88. The van der Waals surface area contributed by atoms with Crippen molar-refractivity contribution in [2.45, 2.75) is 26.8 Å². The Bertz CT molecular complexity index is 792. The maximum Gasteiger partial charge on any atom is 0.266 e. The van der Waals surface area contributed by atoms with Gasteiger partial charge in [0.1, 0.15) is 0 Å². The maximum absolute atomic E-state index is 12.4. The van der Waals surface area contributed by atoms with E-state index < -0.39 is 0 Å². The second-order valence-electron chi connectivity index (χ2n) is 6.28. The SMILES string of the molecule is Cc1ccc(=O)n(CCN2CCN(C(=O)Cc3cnc(C)s3)CC2)n1. The third-order valence-electron chi connectivity index (χ3n) is 4.35. The second-order valence-corrected chi connectivity index (χ2v) is 7.60. The van der Waals surface area contributed by atoms with E-state index in [9.17, 15) is 9.59 Å². The molecule has 0 unspecified atom stereocenters. The van der Waals surface area contributed by atoms with E-state index in [4.69, 9.17) is 0 Å². The first kappa shape index (κ1) is 17.8. The van der Waals surface area contributed by atoms with Gasteiger partial charge in [-0.05, 0) is 19.9 Å². The Morgan fingerprint density at radius 1 is 1.16 bits per heavy atom. The molecular formula is C17H23N5O2S. The summed E-state index contributed by atoms with van der Waals surface area (Å²) in [6.07, 6.45) is 2.23. The molecule has 1 saturated heterocycles. The number of piperazine rings is 1. The molecule has 2 aromatic rings. The van der Waals surface area contributed by atoms with Gasteiger partial charge < -0.3 is 4.90 Å². The Labute approximate surface area is 150 Å². The smallest absolute Gasteiger partial charge is 0.266 e. The number of aryl methyl sites for hydroxylation is 2. The number of hydrogen-bond donors (Lipinski definition) is 0. The summed E-state index contributed by atoms with van der Waals surface area (Å²) in [5.74, 6) is 0.167. The molecule has 7 nitrogen and oxygen atoms in total. The lowest BCUT2D eigenvalue weighted by atomic mass is 10.2. The minimum Gasteiger partial charge on any atom is -0.340 e. The number of aromatic nitrogens is 3. The Balaban J connectivity index is 1.46. The molecule has 0 atom stereocenters. The molecule has 1 aliphatic heterocycles. The zero-order valence-corrected chi connectivity index (χ0v) is 15.5. The van der Waals surface area contributed by atoms with E-state index in [2.05, 4.69) is 15.0 Å². The molecule has 0 saturated carbocycles. The van der Waals surface area contributed by atoms with Crippen molar-refractivity contribution in [3.05, 3.63) is 44.3 Å². The Hall–Kier alpha value is -2.06. The molecule has 0 spiro atoms. The number of carbonyl (C=O) groups is 1. The maximum atomic E-state index is 12.4. The quantitative estimate of drug-likeness (QED) is 0.784. The number of nitrogens with zero attached hydrogens (tertiary/aromatic N) is 5. The topological polar surface area (TPSA) is 71.3 Å². The molecule has 1 aliphatic rings. The predicted molar refractivity (Wildman–Crippen MR) is 96.8 cm³/mol. The van der Waals surface area contributed by atoms with E-state index in [1.54, 1.807) is 29.7 Å².